The number of hydrogen-bond donors (Lipinski definition) is 0. The van der Waals surface area contributed by atoms with Crippen molar-refractivity contribution in [2.45, 2.75) is 6.54 Å². The molecule has 0 unspecified atom stereocenters. The molecule has 7 heteroatoms. The van der Waals surface area contributed by atoms with Crippen LogP contribution in [0.5, 0.6) is 0 Å². The minimum absolute atomic E-state index is 0.254. The zero-order valence-electron chi connectivity index (χ0n) is 11.1. The van der Waals surface area contributed by atoms with Gasteiger partial charge in [-0.25, -0.2) is 0 Å². The Morgan fingerprint density at radius 3 is 2.45 bits per heavy atom. The van der Waals surface area contributed by atoms with E-state index in [4.69, 9.17) is 4.42 Å². The number of amides is 2. The van der Waals surface area contributed by atoms with Gasteiger partial charge in [-0.15, -0.1) is 0 Å². The van der Waals surface area contributed by atoms with Crippen LogP contribution in [0, 0.1) is 7.34 Å². The summed E-state index contributed by atoms with van der Waals surface area (Å²) in [4.78, 5) is 26.1. The van der Waals surface area contributed by atoms with Crippen molar-refractivity contribution in [3.05, 3.63) is 60.0 Å². The van der Waals surface area contributed by atoms with Crippen LogP contribution >= 0.6 is 56.9 Å². The van der Waals surface area contributed by atoms with E-state index in [1.807, 2.05) is 30.3 Å². The third-order valence-electron chi connectivity index (χ3n) is 2.99. The Labute approximate surface area is 158 Å². The highest BCUT2D eigenvalue weighted by atomic mass is 127. The fourth-order valence-electron chi connectivity index (χ4n) is 1.94. The van der Waals surface area contributed by atoms with Crippen molar-refractivity contribution in [3.63, 3.8) is 0 Å². The predicted molar refractivity (Wildman–Crippen MR) is 102 cm³/mol. The van der Waals surface area contributed by atoms with E-state index in [0.29, 0.717) is 10.7 Å². The van der Waals surface area contributed by atoms with Gasteiger partial charge in [-0.1, -0.05) is 12.1 Å². The lowest BCUT2D eigenvalue weighted by molar-refractivity contribution is -0.123. The summed E-state index contributed by atoms with van der Waals surface area (Å²) >= 11 is 5.21. The maximum absolute atomic E-state index is 12.4. The van der Waals surface area contributed by atoms with Crippen molar-refractivity contribution in [2.75, 3.05) is 0 Å². The summed E-state index contributed by atoms with van der Waals surface area (Å²) < 4.78 is 7.26. The maximum Gasteiger partial charge on any atom is 0.293 e. The number of furan rings is 1. The third kappa shape index (κ3) is 3.57. The molecule has 0 saturated carbocycles. The van der Waals surface area contributed by atoms with E-state index in [1.165, 1.54) is 4.90 Å². The molecule has 0 N–H and O–H groups in total. The van der Waals surface area contributed by atoms with E-state index in [0.717, 1.165) is 24.7 Å². The van der Waals surface area contributed by atoms with Crippen molar-refractivity contribution in [3.8, 4) is 0 Å². The predicted octanol–water partition coefficient (Wildman–Crippen LogP) is 4.73. The molecule has 0 atom stereocenters. The number of carbonyl (C=O) groups excluding carboxylic acids is 2. The van der Waals surface area contributed by atoms with Gasteiger partial charge in [0.05, 0.1) is 11.4 Å². The van der Waals surface area contributed by atoms with Gasteiger partial charge < -0.3 is 4.42 Å². The molecule has 1 aromatic carbocycles. The molecule has 1 aliphatic heterocycles. The zero-order valence-corrected chi connectivity index (χ0v) is 16.2. The fourth-order valence-corrected chi connectivity index (χ4v) is 3.56. The minimum atomic E-state index is -0.278. The van der Waals surface area contributed by atoms with Crippen LogP contribution in [-0.2, 0) is 11.3 Å². The van der Waals surface area contributed by atoms with E-state index in [-0.39, 0.29) is 17.7 Å². The molecule has 0 spiro atoms. The molecule has 2 heterocycles. The molecule has 1 saturated heterocycles. The standard InChI is InChI=1S/C15H9I2NO3S/c16-10-3-1-9(2-4-10)8-18-14(19)12(22-15(18)20)7-11-5-6-13(17)21-11/h1-7H,8H2/b12-7-. The molecule has 1 aliphatic rings. The molecular formula is C15H9I2NO3S. The number of imide groups is 1. The van der Waals surface area contributed by atoms with Crippen LogP contribution in [0.1, 0.15) is 11.3 Å². The van der Waals surface area contributed by atoms with Gasteiger partial charge in [-0.3, -0.25) is 14.5 Å². The Morgan fingerprint density at radius 1 is 1.09 bits per heavy atom. The number of hydrogen-bond acceptors (Lipinski definition) is 4. The second-order valence-electron chi connectivity index (χ2n) is 4.54. The van der Waals surface area contributed by atoms with Crippen molar-refractivity contribution in [1.29, 1.82) is 0 Å². The van der Waals surface area contributed by atoms with E-state index >= 15 is 0 Å². The number of nitrogens with zero attached hydrogens (tertiary/aromatic N) is 1. The van der Waals surface area contributed by atoms with Crippen LogP contribution in [0.3, 0.4) is 0 Å². The number of benzene rings is 1. The summed E-state index contributed by atoms with van der Waals surface area (Å²) in [6.45, 7) is 0.286. The molecule has 112 valence electrons. The summed E-state index contributed by atoms with van der Waals surface area (Å²) in [7, 11) is 0. The van der Waals surface area contributed by atoms with Gasteiger partial charge in [-0.2, -0.15) is 0 Å². The Kier molecular flexibility index (Phi) is 4.93. The Balaban J connectivity index is 1.79. The van der Waals surface area contributed by atoms with Crippen LogP contribution in [0.4, 0.5) is 4.79 Å². The molecule has 22 heavy (non-hydrogen) atoms. The Morgan fingerprint density at radius 2 is 1.82 bits per heavy atom. The van der Waals surface area contributed by atoms with Crippen molar-refractivity contribution in [2.24, 2.45) is 0 Å². The van der Waals surface area contributed by atoms with Gasteiger partial charge in [0.2, 0.25) is 0 Å². The van der Waals surface area contributed by atoms with Crippen LogP contribution in [0.25, 0.3) is 6.08 Å². The molecular weight excluding hydrogens is 528 g/mol. The smallest absolute Gasteiger partial charge is 0.293 e. The summed E-state index contributed by atoms with van der Waals surface area (Å²) in [6, 6.07) is 11.3. The van der Waals surface area contributed by atoms with Gasteiger partial charge in [0.25, 0.3) is 11.1 Å². The van der Waals surface area contributed by atoms with Crippen LogP contribution in [0.15, 0.2) is 45.7 Å². The first-order valence-electron chi connectivity index (χ1n) is 6.28. The van der Waals surface area contributed by atoms with Crippen LogP contribution < -0.4 is 0 Å². The van der Waals surface area contributed by atoms with E-state index in [2.05, 4.69) is 45.2 Å². The van der Waals surface area contributed by atoms with Gasteiger partial charge >= 0.3 is 0 Å². The van der Waals surface area contributed by atoms with Gasteiger partial charge in [0.15, 0.2) is 3.77 Å². The molecule has 1 fully saturated rings. The maximum atomic E-state index is 12.4. The first-order valence-corrected chi connectivity index (χ1v) is 9.25. The molecule has 0 aliphatic carbocycles. The van der Waals surface area contributed by atoms with Crippen LogP contribution in [0.2, 0.25) is 0 Å². The lowest BCUT2D eigenvalue weighted by Gasteiger charge is -2.12. The first kappa shape index (κ1) is 16.1. The fraction of sp³-hybridized carbons (Fsp3) is 0.0667. The second-order valence-corrected chi connectivity index (χ2v) is 7.84. The normalized spacial score (nSPS) is 16.8. The first-order chi connectivity index (χ1) is 10.5. The van der Waals surface area contributed by atoms with E-state index < -0.39 is 0 Å². The average molecular weight is 537 g/mol. The number of rotatable bonds is 3. The highest BCUT2D eigenvalue weighted by Gasteiger charge is 2.35. The van der Waals surface area contributed by atoms with Crippen molar-refractivity contribution >= 4 is 74.2 Å². The minimum Gasteiger partial charge on any atom is -0.451 e. The number of halogens is 2. The van der Waals surface area contributed by atoms with Gasteiger partial charge in [-0.05, 0) is 86.8 Å². The molecule has 2 amide bonds. The number of carbonyl (C=O) groups is 2. The molecule has 0 bridgehead atoms. The molecule has 1 aromatic heterocycles. The molecule has 2 aromatic rings. The quantitative estimate of drug-likeness (QED) is 0.420. The monoisotopic (exact) mass is 537 g/mol. The lowest BCUT2D eigenvalue weighted by atomic mass is 10.2. The summed E-state index contributed by atoms with van der Waals surface area (Å²) in [5.74, 6) is 0.295. The topological polar surface area (TPSA) is 50.5 Å². The highest BCUT2D eigenvalue weighted by molar-refractivity contribution is 14.1. The second kappa shape index (κ2) is 6.75. The molecule has 3 rings (SSSR count). The van der Waals surface area contributed by atoms with Crippen molar-refractivity contribution < 1.29 is 14.0 Å². The average Bonchev–Trinajstić information content (AvgIpc) is 3.00. The zero-order chi connectivity index (χ0) is 15.7. The lowest BCUT2D eigenvalue weighted by Crippen LogP contribution is -2.27. The van der Waals surface area contributed by atoms with E-state index in [1.54, 1.807) is 12.1 Å². The van der Waals surface area contributed by atoms with Gasteiger partial charge in [0.1, 0.15) is 5.76 Å². The number of thioether (sulfide) groups is 1. The third-order valence-corrected chi connectivity index (χ3v) is 5.20. The summed E-state index contributed by atoms with van der Waals surface area (Å²) in [5.41, 5.74) is 0.927. The SMILES string of the molecule is O=C1S/C(=C\c2ccc(I)o2)C(=O)N1Cc1ccc(I)cc1. The summed E-state index contributed by atoms with van der Waals surface area (Å²) in [5, 5.41) is -0.254. The van der Waals surface area contributed by atoms with Gasteiger partial charge in [0, 0.05) is 9.65 Å². The molecule has 4 nitrogen and oxygen atoms in total. The largest absolute Gasteiger partial charge is 0.451 e. The highest BCUT2D eigenvalue weighted by Crippen LogP contribution is 2.33. The Hall–Kier alpha value is -0.810. The Bertz CT molecular complexity index is 767. The summed E-state index contributed by atoms with van der Waals surface area (Å²) in [6.07, 6.45) is 1.61. The van der Waals surface area contributed by atoms with E-state index in [9.17, 15) is 9.59 Å². The van der Waals surface area contributed by atoms with Crippen LogP contribution in [-0.4, -0.2) is 16.0 Å². The molecule has 0 radical (unpaired) electrons. The van der Waals surface area contributed by atoms with Crippen molar-refractivity contribution in [1.82, 2.24) is 4.90 Å².